The van der Waals surface area contributed by atoms with Crippen LogP contribution in [0.25, 0.3) is 0 Å². The highest BCUT2D eigenvalue weighted by Crippen LogP contribution is 2.22. The van der Waals surface area contributed by atoms with Crippen molar-refractivity contribution in [3.05, 3.63) is 35.4 Å². The minimum atomic E-state index is -0.927. The van der Waals surface area contributed by atoms with E-state index in [-0.39, 0.29) is 18.9 Å². The molecule has 0 atom stereocenters. The van der Waals surface area contributed by atoms with E-state index in [4.69, 9.17) is 5.73 Å². The molecule has 3 N–H and O–H groups in total. The lowest BCUT2D eigenvalue weighted by atomic mass is 9.94. The lowest BCUT2D eigenvalue weighted by Gasteiger charge is -2.27. The predicted octanol–water partition coefficient (Wildman–Crippen LogP) is 1.66. The van der Waals surface area contributed by atoms with Crippen LogP contribution in [0.2, 0.25) is 0 Å². The molecule has 5 heteroatoms. The molecule has 1 amide bonds. The monoisotopic (exact) mass is 242 g/mol. The summed E-state index contributed by atoms with van der Waals surface area (Å²) >= 11 is 0. The van der Waals surface area contributed by atoms with Gasteiger partial charge in [-0.2, -0.15) is 0 Å². The number of benzene rings is 1. The molecule has 0 heterocycles. The fourth-order valence-electron chi connectivity index (χ4n) is 1.50. The Labute approximate surface area is 99.0 Å². The first-order valence-corrected chi connectivity index (χ1v) is 5.33. The highest BCUT2D eigenvalue weighted by molar-refractivity contribution is 5.77. The van der Waals surface area contributed by atoms with Crippen LogP contribution in [0.4, 0.5) is 8.78 Å². The van der Waals surface area contributed by atoms with Crippen molar-refractivity contribution >= 4 is 5.91 Å². The third kappa shape index (κ3) is 3.49. The number of carbonyl (C=O) groups is 1. The van der Waals surface area contributed by atoms with Gasteiger partial charge in [-0.1, -0.05) is 6.07 Å². The van der Waals surface area contributed by atoms with Gasteiger partial charge in [-0.3, -0.25) is 4.79 Å². The smallest absolute Gasteiger partial charge is 0.221 e. The zero-order chi connectivity index (χ0) is 13.1. The van der Waals surface area contributed by atoms with Gasteiger partial charge in [0.1, 0.15) is 0 Å². The van der Waals surface area contributed by atoms with Gasteiger partial charge < -0.3 is 11.1 Å². The van der Waals surface area contributed by atoms with Crippen molar-refractivity contribution in [2.45, 2.75) is 25.8 Å². The van der Waals surface area contributed by atoms with E-state index < -0.39 is 17.2 Å². The topological polar surface area (TPSA) is 55.1 Å². The largest absolute Gasteiger partial charge is 0.347 e. The van der Waals surface area contributed by atoms with Gasteiger partial charge in [0.2, 0.25) is 5.91 Å². The van der Waals surface area contributed by atoms with Crippen molar-refractivity contribution in [1.29, 1.82) is 0 Å². The van der Waals surface area contributed by atoms with Crippen LogP contribution in [-0.4, -0.2) is 12.5 Å². The van der Waals surface area contributed by atoms with Crippen molar-refractivity contribution in [2.75, 3.05) is 6.54 Å². The molecule has 1 rings (SSSR count). The van der Waals surface area contributed by atoms with Crippen LogP contribution in [0.15, 0.2) is 18.2 Å². The Morgan fingerprint density at radius 3 is 2.53 bits per heavy atom. The van der Waals surface area contributed by atoms with E-state index >= 15 is 0 Å². The molecule has 94 valence electrons. The molecule has 0 fully saturated rings. The summed E-state index contributed by atoms with van der Waals surface area (Å²) in [6.07, 6.45) is 0.201. The van der Waals surface area contributed by atoms with Crippen molar-refractivity contribution < 1.29 is 13.6 Å². The van der Waals surface area contributed by atoms with Crippen LogP contribution < -0.4 is 11.1 Å². The normalized spacial score (nSPS) is 11.4. The Balaban J connectivity index is 2.88. The van der Waals surface area contributed by atoms with Gasteiger partial charge in [0, 0.05) is 13.0 Å². The molecule has 0 aliphatic carbocycles. The van der Waals surface area contributed by atoms with E-state index in [9.17, 15) is 13.6 Å². The van der Waals surface area contributed by atoms with Gasteiger partial charge in [0.25, 0.3) is 0 Å². The molecule has 0 bridgehead atoms. The third-order valence-corrected chi connectivity index (χ3v) is 2.46. The van der Waals surface area contributed by atoms with Crippen LogP contribution in [0.3, 0.4) is 0 Å². The second-order valence-electron chi connectivity index (χ2n) is 4.34. The molecular weight excluding hydrogens is 226 g/mol. The van der Waals surface area contributed by atoms with E-state index in [1.54, 1.807) is 13.8 Å². The maximum Gasteiger partial charge on any atom is 0.221 e. The summed E-state index contributed by atoms with van der Waals surface area (Å²) in [6.45, 7) is 3.68. The van der Waals surface area contributed by atoms with Gasteiger partial charge >= 0.3 is 0 Å². The Hall–Kier alpha value is -1.49. The molecule has 17 heavy (non-hydrogen) atoms. The number of halogens is 2. The maximum absolute atomic E-state index is 13.1. The van der Waals surface area contributed by atoms with Crippen LogP contribution in [-0.2, 0) is 10.3 Å². The molecule has 0 aliphatic heterocycles. The molecule has 0 saturated heterocycles. The van der Waals surface area contributed by atoms with Gasteiger partial charge in [-0.05, 0) is 31.5 Å². The van der Waals surface area contributed by atoms with Crippen LogP contribution >= 0.6 is 0 Å². The molecule has 0 saturated carbocycles. The maximum atomic E-state index is 13.1. The zero-order valence-corrected chi connectivity index (χ0v) is 9.89. The van der Waals surface area contributed by atoms with E-state index in [1.807, 2.05) is 0 Å². The van der Waals surface area contributed by atoms with Crippen molar-refractivity contribution in [3.63, 3.8) is 0 Å². The Bertz CT molecular complexity index is 419. The predicted molar refractivity (Wildman–Crippen MR) is 61.2 cm³/mol. The molecule has 0 aliphatic rings. The molecule has 0 radical (unpaired) electrons. The van der Waals surface area contributed by atoms with Gasteiger partial charge in [0.15, 0.2) is 11.6 Å². The van der Waals surface area contributed by atoms with Crippen LogP contribution in [0.1, 0.15) is 25.8 Å². The molecular formula is C12H16F2N2O. The van der Waals surface area contributed by atoms with Crippen LogP contribution in [0.5, 0.6) is 0 Å². The summed E-state index contributed by atoms with van der Waals surface area (Å²) in [5.41, 5.74) is 5.00. The molecule has 3 nitrogen and oxygen atoms in total. The fraction of sp³-hybridized carbons (Fsp3) is 0.417. The molecule has 0 unspecified atom stereocenters. The van der Waals surface area contributed by atoms with E-state index in [1.165, 1.54) is 6.07 Å². The summed E-state index contributed by atoms with van der Waals surface area (Å²) in [5.74, 6) is -2.05. The van der Waals surface area contributed by atoms with E-state index in [0.717, 1.165) is 12.1 Å². The number of amides is 1. The average molecular weight is 242 g/mol. The van der Waals surface area contributed by atoms with Crippen molar-refractivity contribution in [2.24, 2.45) is 5.73 Å². The minimum absolute atomic E-state index is 0.201. The summed E-state index contributed by atoms with van der Waals surface area (Å²) in [4.78, 5) is 11.4. The molecule has 0 spiro atoms. The Kier molecular flexibility index (Phi) is 4.17. The first-order chi connectivity index (χ1) is 7.86. The number of hydrogen-bond acceptors (Lipinski definition) is 2. The Morgan fingerprint density at radius 2 is 2.00 bits per heavy atom. The van der Waals surface area contributed by atoms with Crippen LogP contribution in [0, 0.1) is 11.6 Å². The third-order valence-electron chi connectivity index (χ3n) is 2.46. The van der Waals surface area contributed by atoms with E-state index in [0.29, 0.717) is 5.56 Å². The highest BCUT2D eigenvalue weighted by Gasteiger charge is 2.23. The van der Waals surface area contributed by atoms with Gasteiger partial charge in [0.05, 0.1) is 5.54 Å². The standard InChI is InChI=1S/C12H16F2N2O/c1-12(2,16-11(17)5-6-15)8-3-4-9(13)10(14)7-8/h3-4,7H,5-6,15H2,1-2H3,(H,16,17). The molecule has 0 aromatic heterocycles. The second kappa shape index (κ2) is 5.23. The number of nitrogens with two attached hydrogens (primary N) is 1. The van der Waals surface area contributed by atoms with Crippen molar-refractivity contribution in [1.82, 2.24) is 5.32 Å². The van der Waals surface area contributed by atoms with Gasteiger partial charge in [-0.25, -0.2) is 8.78 Å². The summed E-state index contributed by atoms with van der Waals surface area (Å²) in [5, 5.41) is 2.71. The summed E-state index contributed by atoms with van der Waals surface area (Å²) < 4.78 is 25.9. The number of carbonyl (C=O) groups excluding carboxylic acids is 1. The highest BCUT2D eigenvalue weighted by atomic mass is 19.2. The quantitative estimate of drug-likeness (QED) is 0.843. The fourth-order valence-corrected chi connectivity index (χ4v) is 1.50. The second-order valence-corrected chi connectivity index (χ2v) is 4.34. The average Bonchev–Trinajstić information content (AvgIpc) is 2.21. The lowest BCUT2D eigenvalue weighted by molar-refractivity contribution is -0.122. The SMILES string of the molecule is CC(C)(NC(=O)CCN)c1ccc(F)c(F)c1. The van der Waals surface area contributed by atoms with Crippen molar-refractivity contribution in [3.8, 4) is 0 Å². The first kappa shape index (κ1) is 13.6. The molecule has 1 aromatic rings. The lowest BCUT2D eigenvalue weighted by Crippen LogP contribution is -2.41. The first-order valence-electron chi connectivity index (χ1n) is 5.33. The summed E-state index contributed by atoms with van der Waals surface area (Å²) in [7, 11) is 0. The number of hydrogen-bond donors (Lipinski definition) is 2. The van der Waals surface area contributed by atoms with Gasteiger partial charge in [-0.15, -0.1) is 0 Å². The molecule has 1 aromatic carbocycles. The minimum Gasteiger partial charge on any atom is -0.347 e. The number of rotatable bonds is 4. The van der Waals surface area contributed by atoms with E-state index in [2.05, 4.69) is 5.32 Å². The number of nitrogens with one attached hydrogen (secondary N) is 1. The summed E-state index contributed by atoms with van der Waals surface area (Å²) in [6, 6.07) is 3.57. The Morgan fingerprint density at radius 1 is 1.35 bits per heavy atom. The zero-order valence-electron chi connectivity index (χ0n) is 9.89.